The molecule has 1 heterocycles. The van der Waals surface area contributed by atoms with Crippen LogP contribution in [0.3, 0.4) is 0 Å². The Kier molecular flexibility index (Phi) is 5.54. The molecular formula is C10H19N3O2S2. The number of sulfonamides is 1. The molecule has 0 fully saturated rings. The van der Waals surface area contributed by atoms with Crippen LogP contribution in [0.25, 0.3) is 0 Å². The van der Waals surface area contributed by atoms with E-state index in [0.29, 0.717) is 4.21 Å². The van der Waals surface area contributed by atoms with Gasteiger partial charge in [-0.2, -0.15) is 0 Å². The summed E-state index contributed by atoms with van der Waals surface area (Å²) < 4.78 is 24.0. The highest BCUT2D eigenvalue weighted by Gasteiger charge is 2.17. The van der Waals surface area contributed by atoms with Crippen molar-refractivity contribution >= 4 is 21.4 Å². The lowest BCUT2D eigenvalue weighted by atomic mass is 10.4. The molecule has 0 unspecified atom stereocenters. The van der Waals surface area contributed by atoms with Gasteiger partial charge in [-0.25, -0.2) is 13.4 Å². The quantitative estimate of drug-likeness (QED) is 0.577. The van der Waals surface area contributed by atoms with E-state index >= 15 is 0 Å². The molecule has 0 radical (unpaired) electrons. The van der Waals surface area contributed by atoms with Gasteiger partial charge in [0.15, 0.2) is 0 Å². The largest absolute Gasteiger partial charge is 0.312 e. The first-order valence-electron chi connectivity index (χ1n) is 5.45. The van der Waals surface area contributed by atoms with Crippen molar-refractivity contribution in [1.82, 2.24) is 15.2 Å². The summed E-state index contributed by atoms with van der Waals surface area (Å²) in [6.45, 7) is 3.75. The Balaban J connectivity index is 2.67. The SMILES string of the molecule is CCCNCc1ccc(S(=O)(=O)NN(C)C)s1. The second kappa shape index (κ2) is 6.46. The van der Waals surface area contributed by atoms with E-state index in [0.717, 1.165) is 24.4 Å². The summed E-state index contributed by atoms with van der Waals surface area (Å²) in [4.78, 5) is 3.44. The van der Waals surface area contributed by atoms with Gasteiger partial charge in [0.25, 0.3) is 10.0 Å². The van der Waals surface area contributed by atoms with Crippen molar-refractivity contribution < 1.29 is 8.42 Å². The molecule has 0 spiro atoms. The molecule has 0 aliphatic rings. The fourth-order valence-electron chi connectivity index (χ4n) is 1.27. The normalized spacial score (nSPS) is 12.2. The monoisotopic (exact) mass is 277 g/mol. The predicted molar refractivity (Wildman–Crippen MR) is 70.3 cm³/mol. The summed E-state index contributed by atoms with van der Waals surface area (Å²) in [7, 11) is -0.107. The maximum Gasteiger partial charge on any atom is 0.262 e. The molecule has 0 saturated heterocycles. The molecule has 98 valence electrons. The highest BCUT2D eigenvalue weighted by Crippen LogP contribution is 2.21. The number of hydrazine groups is 1. The van der Waals surface area contributed by atoms with Gasteiger partial charge in [-0.15, -0.1) is 16.2 Å². The fourth-order valence-corrected chi connectivity index (χ4v) is 3.67. The fraction of sp³-hybridized carbons (Fsp3) is 0.600. The van der Waals surface area contributed by atoms with Gasteiger partial charge < -0.3 is 5.32 Å². The van der Waals surface area contributed by atoms with Crippen LogP contribution in [-0.2, 0) is 16.6 Å². The van der Waals surface area contributed by atoms with Crippen LogP contribution in [-0.4, -0.2) is 34.1 Å². The molecule has 0 amide bonds. The van der Waals surface area contributed by atoms with E-state index in [4.69, 9.17) is 0 Å². The molecule has 1 rings (SSSR count). The zero-order valence-corrected chi connectivity index (χ0v) is 12.0. The summed E-state index contributed by atoms with van der Waals surface area (Å²) in [6, 6.07) is 3.48. The van der Waals surface area contributed by atoms with Crippen LogP contribution in [0.15, 0.2) is 16.3 Å². The Morgan fingerprint density at radius 2 is 2.06 bits per heavy atom. The highest BCUT2D eigenvalue weighted by molar-refractivity contribution is 7.91. The first-order valence-corrected chi connectivity index (χ1v) is 7.75. The molecule has 0 atom stereocenters. The van der Waals surface area contributed by atoms with E-state index in [1.54, 1.807) is 20.2 Å². The van der Waals surface area contributed by atoms with Crippen molar-refractivity contribution in [3.05, 3.63) is 17.0 Å². The number of hydrogen-bond donors (Lipinski definition) is 2. The van der Waals surface area contributed by atoms with Crippen molar-refractivity contribution in [2.24, 2.45) is 0 Å². The van der Waals surface area contributed by atoms with Crippen LogP contribution in [0.2, 0.25) is 0 Å². The van der Waals surface area contributed by atoms with Crippen LogP contribution < -0.4 is 10.1 Å². The zero-order valence-electron chi connectivity index (χ0n) is 10.4. The van der Waals surface area contributed by atoms with Gasteiger partial charge in [0, 0.05) is 25.5 Å². The lowest BCUT2D eigenvalue weighted by molar-refractivity contribution is 0.364. The molecule has 0 bridgehead atoms. The molecular weight excluding hydrogens is 258 g/mol. The van der Waals surface area contributed by atoms with Gasteiger partial charge in [0.1, 0.15) is 4.21 Å². The van der Waals surface area contributed by atoms with Crippen molar-refractivity contribution in [2.75, 3.05) is 20.6 Å². The van der Waals surface area contributed by atoms with Gasteiger partial charge in [-0.3, -0.25) is 0 Å². The summed E-state index contributed by atoms with van der Waals surface area (Å²) in [5.41, 5.74) is 0. The van der Waals surface area contributed by atoms with Gasteiger partial charge in [0.05, 0.1) is 0 Å². The topological polar surface area (TPSA) is 61.4 Å². The van der Waals surface area contributed by atoms with E-state index in [1.165, 1.54) is 16.3 Å². The van der Waals surface area contributed by atoms with Crippen LogP contribution in [0.1, 0.15) is 18.2 Å². The van der Waals surface area contributed by atoms with Crippen molar-refractivity contribution in [3.63, 3.8) is 0 Å². The third-order valence-electron chi connectivity index (χ3n) is 1.93. The van der Waals surface area contributed by atoms with Crippen molar-refractivity contribution in [2.45, 2.75) is 24.1 Å². The second-order valence-electron chi connectivity index (χ2n) is 3.89. The van der Waals surface area contributed by atoms with Crippen LogP contribution in [0, 0.1) is 0 Å². The minimum Gasteiger partial charge on any atom is -0.312 e. The van der Waals surface area contributed by atoms with E-state index < -0.39 is 10.0 Å². The number of nitrogens with zero attached hydrogens (tertiary/aromatic N) is 1. The standard InChI is InChI=1S/C10H19N3O2S2/c1-4-7-11-8-9-5-6-10(16-9)17(14,15)12-13(2)3/h5-6,11-12H,4,7-8H2,1-3H3. The molecule has 2 N–H and O–H groups in total. The predicted octanol–water partition coefficient (Wildman–Crippen LogP) is 1.00. The van der Waals surface area contributed by atoms with Gasteiger partial charge in [-0.05, 0) is 25.1 Å². The molecule has 7 heteroatoms. The lowest BCUT2D eigenvalue weighted by Crippen LogP contribution is -2.35. The number of hydrogen-bond acceptors (Lipinski definition) is 5. The Labute approximate surface area is 107 Å². The minimum atomic E-state index is -3.40. The molecule has 0 aliphatic carbocycles. The first-order chi connectivity index (χ1) is 7.95. The second-order valence-corrected chi connectivity index (χ2v) is 6.94. The molecule has 0 saturated carbocycles. The average Bonchev–Trinajstić information content (AvgIpc) is 2.65. The molecule has 17 heavy (non-hydrogen) atoms. The Morgan fingerprint density at radius 1 is 1.35 bits per heavy atom. The van der Waals surface area contributed by atoms with Gasteiger partial charge in [-0.1, -0.05) is 6.92 Å². The van der Waals surface area contributed by atoms with E-state index in [-0.39, 0.29) is 0 Å². The summed E-state index contributed by atoms with van der Waals surface area (Å²) in [5.74, 6) is 0. The molecule has 0 aromatic carbocycles. The Morgan fingerprint density at radius 3 is 2.65 bits per heavy atom. The summed E-state index contributed by atoms with van der Waals surface area (Å²) in [6.07, 6.45) is 1.07. The lowest BCUT2D eigenvalue weighted by Gasteiger charge is -2.10. The van der Waals surface area contributed by atoms with Crippen LogP contribution in [0.5, 0.6) is 0 Å². The summed E-state index contributed by atoms with van der Waals surface area (Å²) in [5, 5.41) is 4.66. The maximum absolute atomic E-state index is 11.8. The molecule has 1 aromatic rings. The number of rotatable bonds is 7. The van der Waals surface area contributed by atoms with E-state index in [1.807, 2.05) is 6.07 Å². The summed E-state index contributed by atoms with van der Waals surface area (Å²) >= 11 is 1.29. The van der Waals surface area contributed by atoms with Crippen LogP contribution >= 0.6 is 11.3 Å². The third-order valence-corrected chi connectivity index (χ3v) is 4.99. The minimum absolute atomic E-state index is 0.347. The first kappa shape index (κ1) is 14.6. The van der Waals surface area contributed by atoms with Crippen molar-refractivity contribution in [1.29, 1.82) is 0 Å². The van der Waals surface area contributed by atoms with Crippen molar-refractivity contribution in [3.8, 4) is 0 Å². The number of thiophene rings is 1. The number of nitrogens with one attached hydrogen (secondary N) is 2. The maximum atomic E-state index is 11.8. The zero-order chi connectivity index (χ0) is 12.9. The smallest absolute Gasteiger partial charge is 0.262 e. The van der Waals surface area contributed by atoms with E-state index in [9.17, 15) is 8.42 Å². The van der Waals surface area contributed by atoms with Gasteiger partial charge in [0.2, 0.25) is 0 Å². The molecule has 0 aliphatic heterocycles. The molecule has 1 aromatic heterocycles. The molecule has 5 nitrogen and oxygen atoms in total. The van der Waals surface area contributed by atoms with Crippen LogP contribution in [0.4, 0.5) is 0 Å². The average molecular weight is 277 g/mol. The third kappa shape index (κ3) is 4.72. The Hall–Kier alpha value is -0.470. The van der Waals surface area contributed by atoms with E-state index in [2.05, 4.69) is 17.1 Å². The van der Waals surface area contributed by atoms with Gasteiger partial charge >= 0.3 is 0 Å². The highest BCUT2D eigenvalue weighted by atomic mass is 32.2. The Bertz CT molecular complexity index is 440.